The SMILES string of the molecule is O=C1C=CC2COC(O1)O2. The van der Waals surface area contributed by atoms with Crippen molar-refractivity contribution < 1.29 is 19.0 Å². The Hall–Kier alpha value is -0.870. The summed E-state index contributed by atoms with van der Waals surface area (Å²) in [5.74, 6) is -0.410. The average molecular weight is 142 g/mol. The minimum Gasteiger partial charge on any atom is -0.407 e. The van der Waals surface area contributed by atoms with Gasteiger partial charge in [0.25, 0.3) is 0 Å². The van der Waals surface area contributed by atoms with E-state index in [2.05, 4.69) is 4.74 Å². The van der Waals surface area contributed by atoms with Crippen LogP contribution in [0.5, 0.6) is 0 Å². The number of carbonyl (C=O) groups excluding carboxylic acids is 1. The molecule has 0 N–H and O–H groups in total. The van der Waals surface area contributed by atoms with Gasteiger partial charge in [-0.05, 0) is 6.08 Å². The lowest BCUT2D eigenvalue weighted by Gasteiger charge is -2.05. The molecule has 2 bridgehead atoms. The van der Waals surface area contributed by atoms with Crippen LogP contribution in [0.3, 0.4) is 0 Å². The van der Waals surface area contributed by atoms with E-state index in [1.165, 1.54) is 6.08 Å². The molecular formula is C6H6O4. The zero-order chi connectivity index (χ0) is 6.97. The second-order valence-corrected chi connectivity index (χ2v) is 2.09. The summed E-state index contributed by atoms with van der Waals surface area (Å²) in [4.78, 5) is 10.6. The van der Waals surface area contributed by atoms with E-state index < -0.39 is 12.4 Å². The Kier molecular flexibility index (Phi) is 1.22. The normalized spacial score (nSPS) is 37.4. The monoisotopic (exact) mass is 142 g/mol. The zero-order valence-electron chi connectivity index (χ0n) is 5.15. The van der Waals surface area contributed by atoms with E-state index in [9.17, 15) is 4.79 Å². The van der Waals surface area contributed by atoms with Crippen molar-refractivity contribution in [2.24, 2.45) is 0 Å². The second-order valence-electron chi connectivity index (χ2n) is 2.09. The highest BCUT2D eigenvalue weighted by atomic mass is 16.9. The van der Waals surface area contributed by atoms with Gasteiger partial charge in [-0.3, -0.25) is 0 Å². The van der Waals surface area contributed by atoms with Gasteiger partial charge in [0.2, 0.25) is 0 Å². The second kappa shape index (κ2) is 2.07. The predicted molar refractivity (Wildman–Crippen MR) is 29.8 cm³/mol. The van der Waals surface area contributed by atoms with Crippen LogP contribution in [0.1, 0.15) is 0 Å². The van der Waals surface area contributed by atoms with E-state index in [4.69, 9.17) is 9.47 Å². The summed E-state index contributed by atoms with van der Waals surface area (Å²) in [6.07, 6.45) is 2.87. The first kappa shape index (κ1) is 5.88. The van der Waals surface area contributed by atoms with Gasteiger partial charge in [0.1, 0.15) is 6.10 Å². The minimum atomic E-state index is -0.785. The van der Waals surface area contributed by atoms with Crippen LogP contribution in [0.25, 0.3) is 0 Å². The molecule has 4 heteroatoms. The molecule has 2 unspecified atom stereocenters. The molecule has 54 valence electrons. The maximum atomic E-state index is 10.6. The molecule has 10 heavy (non-hydrogen) atoms. The average Bonchev–Trinajstić information content (AvgIpc) is 2.22. The van der Waals surface area contributed by atoms with Crippen molar-refractivity contribution >= 4 is 5.97 Å². The molecule has 2 rings (SSSR count). The summed E-state index contributed by atoms with van der Waals surface area (Å²) in [5.41, 5.74) is 0. The summed E-state index contributed by atoms with van der Waals surface area (Å²) in [7, 11) is 0. The molecule has 2 heterocycles. The van der Waals surface area contributed by atoms with Crippen LogP contribution in [0.4, 0.5) is 0 Å². The van der Waals surface area contributed by atoms with Crippen LogP contribution in [0.2, 0.25) is 0 Å². The molecule has 0 spiro atoms. The number of fused-ring (bicyclic) bond motifs is 2. The molecule has 0 aromatic heterocycles. The van der Waals surface area contributed by atoms with Crippen molar-refractivity contribution in [1.29, 1.82) is 0 Å². The van der Waals surface area contributed by atoms with Crippen LogP contribution >= 0.6 is 0 Å². The lowest BCUT2D eigenvalue weighted by Crippen LogP contribution is -2.15. The van der Waals surface area contributed by atoms with Crippen molar-refractivity contribution in [3.8, 4) is 0 Å². The topological polar surface area (TPSA) is 44.8 Å². The van der Waals surface area contributed by atoms with Crippen molar-refractivity contribution in [2.45, 2.75) is 12.6 Å². The number of esters is 1. The van der Waals surface area contributed by atoms with E-state index in [1.807, 2.05) is 0 Å². The van der Waals surface area contributed by atoms with Gasteiger partial charge in [0.15, 0.2) is 0 Å². The maximum Gasteiger partial charge on any atom is 0.334 e. The molecule has 0 amide bonds. The summed E-state index contributed by atoms with van der Waals surface area (Å²) < 4.78 is 14.6. The fourth-order valence-corrected chi connectivity index (χ4v) is 0.877. The van der Waals surface area contributed by atoms with Gasteiger partial charge in [0.05, 0.1) is 6.61 Å². The Bertz CT molecular complexity index is 186. The lowest BCUT2D eigenvalue weighted by molar-refractivity contribution is -0.224. The fourth-order valence-electron chi connectivity index (χ4n) is 0.877. The van der Waals surface area contributed by atoms with Gasteiger partial charge < -0.3 is 14.2 Å². The Morgan fingerprint density at radius 1 is 1.60 bits per heavy atom. The maximum absolute atomic E-state index is 10.6. The summed E-state index contributed by atoms with van der Waals surface area (Å²) in [6, 6.07) is 0. The first-order valence-electron chi connectivity index (χ1n) is 3.00. The van der Waals surface area contributed by atoms with Crippen LogP contribution in [0, 0.1) is 0 Å². The van der Waals surface area contributed by atoms with E-state index in [0.29, 0.717) is 6.61 Å². The lowest BCUT2D eigenvalue weighted by atomic mass is 10.3. The Balaban J connectivity index is 2.18. The van der Waals surface area contributed by atoms with Gasteiger partial charge in [-0.25, -0.2) is 4.79 Å². The van der Waals surface area contributed by atoms with E-state index in [-0.39, 0.29) is 6.10 Å². The molecule has 0 radical (unpaired) electrons. The predicted octanol–water partition coefficient (Wildman–Crippen LogP) is -0.202. The van der Waals surface area contributed by atoms with E-state index in [0.717, 1.165) is 0 Å². The zero-order valence-corrected chi connectivity index (χ0v) is 5.15. The van der Waals surface area contributed by atoms with Crippen LogP contribution in [-0.2, 0) is 19.0 Å². The molecule has 2 aliphatic rings. The Morgan fingerprint density at radius 3 is 3.40 bits per heavy atom. The molecule has 2 aliphatic heterocycles. The third-order valence-electron chi connectivity index (χ3n) is 1.34. The van der Waals surface area contributed by atoms with Gasteiger partial charge >= 0.3 is 12.4 Å². The third kappa shape index (κ3) is 0.913. The highest BCUT2D eigenvalue weighted by Gasteiger charge is 2.29. The molecule has 1 saturated heterocycles. The number of carbonyl (C=O) groups is 1. The van der Waals surface area contributed by atoms with E-state index in [1.54, 1.807) is 6.08 Å². The summed E-state index contributed by atoms with van der Waals surface area (Å²) in [5, 5.41) is 0. The number of hydrogen-bond acceptors (Lipinski definition) is 4. The molecular weight excluding hydrogens is 136 g/mol. The van der Waals surface area contributed by atoms with Gasteiger partial charge in [-0.1, -0.05) is 0 Å². The van der Waals surface area contributed by atoms with Crippen molar-refractivity contribution in [1.82, 2.24) is 0 Å². The van der Waals surface area contributed by atoms with Crippen molar-refractivity contribution in [2.75, 3.05) is 6.61 Å². The first-order chi connectivity index (χ1) is 4.84. The molecule has 2 atom stereocenters. The Labute approximate surface area is 57.4 Å². The van der Waals surface area contributed by atoms with Crippen LogP contribution in [-0.4, -0.2) is 25.2 Å². The number of rotatable bonds is 0. The summed E-state index contributed by atoms with van der Waals surface area (Å²) in [6.45, 7) is -0.318. The number of ether oxygens (including phenoxy) is 3. The molecule has 0 aliphatic carbocycles. The Morgan fingerprint density at radius 2 is 2.50 bits per heavy atom. The molecule has 1 fully saturated rings. The van der Waals surface area contributed by atoms with Crippen molar-refractivity contribution in [3.05, 3.63) is 12.2 Å². The fraction of sp³-hybridized carbons (Fsp3) is 0.500. The van der Waals surface area contributed by atoms with Crippen molar-refractivity contribution in [3.63, 3.8) is 0 Å². The standard InChI is InChI=1S/C6H6O4/c7-5-2-1-4-3-8-6(9-4)10-5/h1-2,4,6H,3H2. The van der Waals surface area contributed by atoms with Gasteiger partial charge in [0, 0.05) is 6.08 Å². The highest BCUT2D eigenvalue weighted by Crippen LogP contribution is 2.16. The van der Waals surface area contributed by atoms with E-state index >= 15 is 0 Å². The summed E-state index contributed by atoms with van der Waals surface area (Å²) >= 11 is 0. The van der Waals surface area contributed by atoms with Gasteiger partial charge in [-0.2, -0.15) is 0 Å². The minimum absolute atomic E-state index is 0.114. The smallest absolute Gasteiger partial charge is 0.334 e. The highest BCUT2D eigenvalue weighted by molar-refractivity contribution is 5.82. The van der Waals surface area contributed by atoms with Gasteiger partial charge in [-0.15, -0.1) is 0 Å². The molecule has 0 saturated carbocycles. The molecule has 0 aromatic carbocycles. The largest absolute Gasteiger partial charge is 0.407 e. The first-order valence-corrected chi connectivity index (χ1v) is 3.00. The number of hydrogen-bond donors (Lipinski definition) is 0. The third-order valence-corrected chi connectivity index (χ3v) is 1.34. The molecule has 4 nitrogen and oxygen atoms in total. The molecule has 0 aromatic rings. The van der Waals surface area contributed by atoms with Crippen LogP contribution in [0.15, 0.2) is 12.2 Å². The van der Waals surface area contributed by atoms with Crippen LogP contribution < -0.4 is 0 Å². The quantitative estimate of drug-likeness (QED) is 0.439.